The molecule has 0 spiro atoms. The summed E-state index contributed by atoms with van der Waals surface area (Å²) in [7, 11) is 3.62. The van der Waals surface area contributed by atoms with E-state index in [2.05, 4.69) is 5.10 Å². The summed E-state index contributed by atoms with van der Waals surface area (Å²) in [6.07, 6.45) is 1.43. The van der Waals surface area contributed by atoms with Gasteiger partial charge in [-0.05, 0) is 43.3 Å². The number of hydrazone groups is 1. The number of esters is 1. The summed E-state index contributed by atoms with van der Waals surface area (Å²) in [4.78, 5) is 38.1. The molecule has 0 unspecified atom stereocenters. The first-order valence-electron chi connectivity index (χ1n) is 8.74. The Hall–Kier alpha value is -3.88. The lowest BCUT2D eigenvalue weighted by atomic mass is 10.1. The lowest BCUT2D eigenvalue weighted by molar-refractivity contribution is -0.135. The number of ether oxygens (including phenoxy) is 1. The third-order valence-corrected chi connectivity index (χ3v) is 4.05. The number of rotatable bonds is 6. The maximum atomic E-state index is 13.0. The third-order valence-electron chi connectivity index (χ3n) is 4.05. The number of carboxylic acid groups (broad SMARTS) is 1. The van der Waals surface area contributed by atoms with Crippen LogP contribution in [0.2, 0.25) is 0 Å². The minimum atomic E-state index is -1.09. The third kappa shape index (κ3) is 4.03. The van der Waals surface area contributed by atoms with Crippen LogP contribution in [0.3, 0.4) is 0 Å². The fourth-order valence-electron chi connectivity index (χ4n) is 2.62. The highest BCUT2D eigenvalue weighted by Crippen LogP contribution is 2.27. The van der Waals surface area contributed by atoms with Crippen LogP contribution >= 0.6 is 0 Å². The second kappa shape index (κ2) is 8.01. The van der Waals surface area contributed by atoms with E-state index in [0.717, 1.165) is 5.01 Å². The first kappa shape index (κ1) is 19.9. The van der Waals surface area contributed by atoms with E-state index in [4.69, 9.17) is 14.3 Å². The molecule has 1 aliphatic rings. The summed E-state index contributed by atoms with van der Waals surface area (Å²) in [5.74, 6) is -1.43. The maximum absolute atomic E-state index is 13.0. The number of carbonyl (C=O) groups is 3. The van der Waals surface area contributed by atoms with Crippen molar-refractivity contribution in [2.24, 2.45) is 5.10 Å². The Balaban J connectivity index is 2.00. The molecule has 9 nitrogen and oxygen atoms in total. The molecule has 0 fully saturated rings. The molecule has 0 radical (unpaired) electrons. The molecule has 0 atom stereocenters. The normalized spacial score (nSPS) is 14.9. The maximum Gasteiger partial charge on any atom is 0.359 e. The number of anilines is 2. The number of aromatic carboxylic acids is 1. The van der Waals surface area contributed by atoms with E-state index in [9.17, 15) is 14.4 Å². The largest absolute Gasteiger partial charge is 0.478 e. The topological polar surface area (TPSA) is 113 Å². The van der Waals surface area contributed by atoms with Crippen LogP contribution in [0.25, 0.3) is 6.08 Å². The van der Waals surface area contributed by atoms with Crippen molar-refractivity contribution in [3.8, 4) is 0 Å². The number of carboxylic acids is 1. The van der Waals surface area contributed by atoms with Crippen molar-refractivity contribution in [2.45, 2.75) is 6.92 Å². The minimum Gasteiger partial charge on any atom is -0.478 e. The first-order valence-corrected chi connectivity index (χ1v) is 8.74. The fraction of sp³-hybridized carbons (Fsp3) is 0.200. The summed E-state index contributed by atoms with van der Waals surface area (Å²) in [5.41, 5.74) is 0.253. The highest BCUT2D eigenvalue weighted by molar-refractivity contribution is 6.54. The monoisotopic (exact) mass is 397 g/mol. The lowest BCUT2D eigenvalue weighted by Gasteiger charge is -2.11. The molecule has 1 amide bonds. The smallest absolute Gasteiger partial charge is 0.359 e. The van der Waals surface area contributed by atoms with Crippen molar-refractivity contribution < 1.29 is 28.6 Å². The molecule has 9 heteroatoms. The Morgan fingerprint density at radius 3 is 2.45 bits per heavy atom. The number of nitrogens with zero attached hydrogens (tertiary/aromatic N) is 3. The number of hydrogen-bond donors (Lipinski definition) is 1. The van der Waals surface area contributed by atoms with Crippen molar-refractivity contribution in [1.82, 2.24) is 0 Å². The van der Waals surface area contributed by atoms with E-state index in [0.29, 0.717) is 17.3 Å². The minimum absolute atomic E-state index is 0.0189. The molecular weight excluding hydrogens is 378 g/mol. The Morgan fingerprint density at radius 2 is 1.90 bits per heavy atom. The number of amides is 1. The van der Waals surface area contributed by atoms with Gasteiger partial charge >= 0.3 is 11.9 Å². The van der Waals surface area contributed by atoms with Crippen LogP contribution in [-0.2, 0) is 14.3 Å². The fourth-order valence-corrected chi connectivity index (χ4v) is 2.62. The lowest BCUT2D eigenvalue weighted by Crippen LogP contribution is -2.22. The first-order chi connectivity index (χ1) is 13.8. The van der Waals surface area contributed by atoms with Crippen LogP contribution < -0.4 is 9.91 Å². The molecule has 0 saturated heterocycles. The van der Waals surface area contributed by atoms with Gasteiger partial charge in [-0.25, -0.2) is 9.59 Å². The van der Waals surface area contributed by atoms with E-state index in [1.54, 1.807) is 24.0 Å². The second-order valence-corrected chi connectivity index (χ2v) is 6.27. The van der Waals surface area contributed by atoms with Gasteiger partial charge in [-0.3, -0.25) is 4.79 Å². The molecule has 0 saturated carbocycles. The van der Waals surface area contributed by atoms with Gasteiger partial charge in [0.05, 0.1) is 23.4 Å². The summed E-state index contributed by atoms with van der Waals surface area (Å²) in [6.45, 7) is 1.77. The molecule has 0 aliphatic carbocycles. The molecule has 3 rings (SSSR count). The van der Waals surface area contributed by atoms with Crippen molar-refractivity contribution in [3.05, 3.63) is 53.3 Å². The van der Waals surface area contributed by atoms with Crippen molar-refractivity contribution in [1.29, 1.82) is 0 Å². The van der Waals surface area contributed by atoms with Crippen molar-refractivity contribution in [3.63, 3.8) is 0 Å². The molecule has 2 aromatic rings. The standard InChI is InChI=1S/C20H19N3O6/c1-4-28-20(27)17-15(11-14-9-10-16(29-14)22(2)3)18(24)23(21-17)13-7-5-12(6-8-13)19(25)26/h5-11H,4H2,1-3H3,(H,25,26). The van der Waals surface area contributed by atoms with Crippen LogP contribution in [0.5, 0.6) is 0 Å². The predicted octanol–water partition coefficient (Wildman–Crippen LogP) is 2.39. The zero-order valence-electron chi connectivity index (χ0n) is 16.1. The predicted molar refractivity (Wildman–Crippen MR) is 106 cm³/mol. The molecule has 0 bridgehead atoms. The Labute approximate surface area is 166 Å². The van der Waals surface area contributed by atoms with Crippen molar-refractivity contribution >= 4 is 41.2 Å². The number of hydrogen-bond acceptors (Lipinski definition) is 7. The Bertz CT molecular complexity index is 1020. The van der Waals surface area contributed by atoms with Gasteiger partial charge < -0.3 is 19.2 Å². The van der Waals surface area contributed by atoms with E-state index < -0.39 is 17.8 Å². The zero-order chi connectivity index (χ0) is 21.1. The molecular formula is C20H19N3O6. The van der Waals surface area contributed by atoms with Crippen LogP contribution in [-0.4, -0.2) is 49.4 Å². The van der Waals surface area contributed by atoms with Crippen LogP contribution in [0, 0.1) is 0 Å². The highest BCUT2D eigenvalue weighted by Gasteiger charge is 2.36. The van der Waals surface area contributed by atoms with Crippen molar-refractivity contribution in [2.75, 3.05) is 30.6 Å². The van der Waals surface area contributed by atoms with Crippen LogP contribution in [0.4, 0.5) is 11.6 Å². The number of carbonyl (C=O) groups excluding carboxylic acids is 2. The SMILES string of the molecule is CCOC(=O)C1=NN(c2ccc(C(=O)O)cc2)C(=O)C1=Cc1ccc(N(C)C)o1. The molecule has 29 heavy (non-hydrogen) atoms. The van der Waals surface area contributed by atoms with Crippen LogP contribution in [0.15, 0.2) is 51.5 Å². The molecule has 1 aromatic carbocycles. The van der Waals surface area contributed by atoms with Crippen LogP contribution in [0.1, 0.15) is 23.0 Å². The van der Waals surface area contributed by atoms with Gasteiger partial charge in [0.1, 0.15) is 5.76 Å². The van der Waals surface area contributed by atoms with E-state index in [1.807, 2.05) is 14.1 Å². The molecule has 1 N–H and O–H groups in total. The van der Waals surface area contributed by atoms with E-state index in [1.165, 1.54) is 30.3 Å². The van der Waals surface area contributed by atoms with Gasteiger partial charge in [0.15, 0.2) is 11.6 Å². The average molecular weight is 397 g/mol. The molecule has 2 heterocycles. The summed E-state index contributed by atoms with van der Waals surface area (Å²) >= 11 is 0. The van der Waals surface area contributed by atoms with Gasteiger partial charge in [-0.15, -0.1) is 0 Å². The highest BCUT2D eigenvalue weighted by atomic mass is 16.5. The number of benzene rings is 1. The summed E-state index contributed by atoms with van der Waals surface area (Å²) in [5, 5.41) is 14.2. The van der Waals surface area contributed by atoms with Gasteiger partial charge in [-0.2, -0.15) is 10.1 Å². The van der Waals surface area contributed by atoms with Gasteiger partial charge in [0.2, 0.25) is 0 Å². The zero-order valence-corrected chi connectivity index (χ0v) is 16.1. The van der Waals surface area contributed by atoms with E-state index in [-0.39, 0.29) is 23.5 Å². The van der Waals surface area contributed by atoms with Gasteiger partial charge in [-0.1, -0.05) is 0 Å². The number of furan rings is 1. The van der Waals surface area contributed by atoms with Gasteiger partial charge in [0, 0.05) is 20.2 Å². The molecule has 150 valence electrons. The molecule has 1 aliphatic heterocycles. The van der Waals surface area contributed by atoms with E-state index >= 15 is 0 Å². The second-order valence-electron chi connectivity index (χ2n) is 6.27. The Kier molecular flexibility index (Phi) is 5.49. The summed E-state index contributed by atoms with van der Waals surface area (Å²) < 4.78 is 10.6. The quantitative estimate of drug-likeness (QED) is 0.588. The molecule has 1 aromatic heterocycles. The Morgan fingerprint density at radius 1 is 1.21 bits per heavy atom. The summed E-state index contributed by atoms with van der Waals surface area (Å²) in [6, 6.07) is 8.98. The average Bonchev–Trinajstić information content (AvgIpc) is 3.28. The van der Waals surface area contributed by atoms with Gasteiger partial charge in [0.25, 0.3) is 5.91 Å².